The summed E-state index contributed by atoms with van der Waals surface area (Å²) < 4.78 is 76.5. The first-order valence-corrected chi connectivity index (χ1v) is 5.67. The number of fused-ring (bicyclic) bond motifs is 1. The highest BCUT2D eigenvalue weighted by Crippen LogP contribution is 2.35. The minimum atomic E-state index is -4.93. The van der Waals surface area contributed by atoms with Crippen molar-refractivity contribution in [2.45, 2.75) is 18.8 Å². The third-order valence-corrected chi connectivity index (χ3v) is 2.79. The predicted octanol–water partition coefficient (Wildman–Crippen LogP) is 4.22. The van der Waals surface area contributed by atoms with Crippen molar-refractivity contribution < 1.29 is 26.3 Å². The average Bonchev–Trinajstić information content (AvgIpc) is 2.54. The molecule has 2 heterocycles. The van der Waals surface area contributed by atoms with Crippen LogP contribution in [0.4, 0.5) is 26.3 Å². The van der Waals surface area contributed by atoms with Gasteiger partial charge in [-0.05, 0) is 28.1 Å². The number of rotatable bonds is 1. The van der Waals surface area contributed by atoms with E-state index in [9.17, 15) is 26.3 Å². The van der Waals surface area contributed by atoms with Crippen molar-refractivity contribution in [1.82, 2.24) is 9.38 Å². The van der Waals surface area contributed by atoms with Crippen LogP contribution < -0.4 is 0 Å². The van der Waals surface area contributed by atoms with Crippen LogP contribution in [0.1, 0.15) is 11.4 Å². The molecule has 0 aliphatic heterocycles. The van der Waals surface area contributed by atoms with Crippen LogP contribution >= 0.6 is 15.9 Å². The fourth-order valence-corrected chi connectivity index (χ4v) is 1.99. The van der Waals surface area contributed by atoms with Crippen LogP contribution in [0.25, 0.3) is 5.65 Å². The third kappa shape index (κ3) is 3.02. The van der Waals surface area contributed by atoms with Crippen LogP contribution in [-0.4, -0.2) is 15.6 Å². The van der Waals surface area contributed by atoms with Gasteiger partial charge in [0.1, 0.15) is 5.65 Å². The fourth-order valence-electron chi connectivity index (χ4n) is 1.65. The first-order chi connectivity index (χ1) is 8.58. The Morgan fingerprint density at radius 3 is 2.26 bits per heavy atom. The SMILES string of the molecule is FC(F)(F)Cc1c(C(F)(F)F)nc2ccc(Br)cn12. The first kappa shape index (κ1) is 14.2. The van der Waals surface area contributed by atoms with Crippen LogP contribution in [0.2, 0.25) is 0 Å². The van der Waals surface area contributed by atoms with Crippen LogP contribution in [-0.2, 0) is 12.6 Å². The molecule has 0 unspecified atom stereocenters. The van der Waals surface area contributed by atoms with Crippen molar-refractivity contribution in [3.8, 4) is 0 Å². The average molecular weight is 347 g/mol. The number of imidazole rings is 1. The van der Waals surface area contributed by atoms with Gasteiger partial charge in [-0.3, -0.25) is 0 Å². The van der Waals surface area contributed by atoms with Gasteiger partial charge >= 0.3 is 12.4 Å². The van der Waals surface area contributed by atoms with Crippen LogP contribution in [0.15, 0.2) is 22.8 Å². The second-order valence-corrected chi connectivity index (χ2v) is 4.69. The molecule has 2 nitrogen and oxygen atoms in total. The molecule has 0 saturated heterocycles. The summed E-state index contributed by atoms with van der Waals surface area (Å²) in [5, 5.41) is 0. The van der Waals surface area contributed by atoms with Gasteiger partial charge in [-0.1, -0.05) is 0 Å². The quantitative estimate of drug-likeness (QED) is 0.706. The molecule has 0 fully saturated rings. The minimum Gasteiger partial charge on any atom is -0.302 e. The van der Waals surface area contributed by atoms with Crippen molar-refractivity contribution in [3.63, 3.8) is 0 Å². The van der Waals surface area contributed by atoms with E-state index in [1.165, 1.54) is 12.1 Å². The maximum atomic E-state index is 12.7. The third-order valence-electron chi connectivity index (χ3n) is 2.32. The molecule has 0 amide bonds. The highest BCUT2D eigenvalue weighted by molar-refractivity contribution is 9.10. The Morgan fingerprint density at radius 1 is 1.11 bits per heavy atom. The molecule has 104 valence electrons. The van der Waals surface area contributed by atoms with E-state index in [1.807, 2.05) is 0 Å². The van der Waals surface area contributed by atoms with E-state index < -0.39 is 30.2 Å². The van der Waals surface area contributed by atoms with E-state index in [0.717, 1.165) is 10.6 Å². The van der Waals surface area contributed by atoms with Gasteiger partial charge in [0, 0.05) is 10.7 Å². The zero-order chi connectivity index (χ0) is 14.4. The molecule has 0 bridgehead atoms. The van der Waals surface area contributed by atoms with Crippen molar-refractivity contribution in [2.75, 3.05) is 0 Å². The summed E-state index contributed by atoms with van der Waals surface area (Å²) in [5.74, 6) is 0. The summed E-state index contributed by atoms with van der Waals surface area (Å²) in [7, 11) is 0. The van der Waals surface area contributed by atoms with Crippen molar-refractivity contribution >= 4 is 21.6 Å². The molecule has 0 saturated carbocycles. The van der Waals surface area contributed by atoms with Crippen molar-refractivity contribution in [1.29, 1.82) is 0 Å². The Bertz CT molecular complexity index is 613. The standard InChI is InChI=1S/C10H5BrF6N2/c11-5-1-2-7-18-8(10(15,16)17)6(19(7)4-5)3-9(12,13)14/h1-2,4H,3H2. The lowest BCUT2D eigenvalue weighted by Crippen LogP contribution is -2.18. The van der Waals surface area contributed by atoms with Gasteiger partial charge < -0.3 is 4.40 Å². The minimum absolute atomic E-state index is 0.185. The summed E-state index contributed by atoms with van der Waals surface area (Å²) in [6.07, 6.45) is -10.3. The lowest BCUT2D eigenvalue weighted by Gasteiger charge is -2.10. The monoisotopic (exact) mass is 346 g/mol. The fraction of sp³-hybridized carbons (Fsp3) is 0.300. The normalized spacial score (nSPS) is 13.2. The van der Waals surface area contributed by atoms with E-state index in [1.54, 1.807) is 0 Å². The van der Waals surface area contributed by atoms with Crippen molar-refractivity contribution in [3.05, 3.63) is 34.2 Å². The first-order valence-electron chi connectivity index (χ1n) is 4.88. The molecular weight excluding hydrogens is 342 g/mol. The second kappa shape index (κ2) is 4.39. The number of aromatic nitrogens is 2. The summed E-state index contributed by atoms with van der Waals surface area (Å²) in [6.45, 7) is 0. The number of hydrogen-bond acceptors (Lipinski definition) is 1. The molecular formula is C10H5BrF6N2. The summed E-state index contributed by atoms with van der Waals surface area (Å²) in [5.41, 5.74) is -2.62. The molecule has 0 aromatic carbocycles. The molecule has 0 aliphatic carbocycles. The summed E-state index contributed by atoms with van der Waals surface area (Å²) in [6, 6.07) is 2.61. The topological polar surface area (TPSA) is 17.3 Å². The van der Waals surface area contributed by atoms with E-state index in [0.29, 0.717) is 4.47 Å². The van der Waals surface area contributed by atoms with Gasteiger partial charge in [0.05, 0.1) is 12.1 Å². The Kier molecular flexibility index (Phi) is 3.28. The lowest BCUT2D eigenvalue weighted by molar-refractivity contribution is -0.146. The zero-order valence-electron chi connectivity index (χ0n) is 8.98. The Labute approximate surface area is 111 Å². The van der Waals surface area contributed by atoms with Crippen molar-refractivity contribution in [2.24, 2.45) is 0 Å². The largest absolute Gasteiger partial charge is 0.435 e. The van der Waals surface area contributed by atoms with Gasteiger partial charge in [-0.15, -0.1) is 0 Å². The second-order valence-electron chi connectivity index (χ2n) is 3.77. The molecule has 2 rings (SSSR count). The number of nitrogens with zero attached hydrogens (tertiary/aromatic N) is 2. The number of pyridine rings is 1. The predicted molar refractivity (Wildman–Crippen MR) is 57.7 cm³/mol. The number of hydrogen-bond donors (Lipinski definition) is 0. The molecule has 0 spiro atoms. The maximum Gasteiger partial charge on any atom is 0.435 e. The van der Waals surface area contributed by atoms with Gasteiger partial charge in [-0.25, -0.2) is 4.98 Å². The number of alkyl halides is 6. The summed E-state index contributed by atoms with van der Waals surface area (Å²) >= 11 is 2.99. The van der Waals surface area contributed by atoms with Crippen LogP contribution in [0.3, 0.4) is 0 Å². The molecule has 0 atom stereocenters. The summed E-state index contributed by atoms with van der Waals surface area (Å²) in [4.78, 5) is 3.23. The number of halogens is 7. The Balaban J connectivity index is 2.70. The highest BCUT2D eigenvalue weighted by atomic mass is 79.9. The molecule has 2 aromatic rings. The smallest absolute Gasteiger partial charge is 0.302 e. The van der Waals surface area contributed by atoms with E-state index in [-0.39, 0.29) is 5.65 Å². The maximum absolute atomic E-state index is 12.7. The molecule has 2 aromatic heterocycles. The van der Waals surface area contributed by atoms with E-state index >= 15 is 0 Å². The molecule has 9 heteroatoms. The van der Waals surface area contributed by atoms with Crippen LogP contribution in [0, 0.1) is 0 Å². The highest BCUT2D eigenvalue weighted by Gasteiger charge is 2.41. The van der Waals surface area contributed by atoms with Gasteiger partial charge in [0.25, 0.3) is 0 Å². The molecule has 0 N–H and O–H groups in total. The zero-order valence-corrected chi connectivity index (χ0v) is 10.6. The van der Waals surface area contributed by atoms with Crippen LogP contribution in [0.5, 0.6) is 0 Å². The van der Waals surface area contributed by atoms with E-state index in [2.05, 4.69) is 20.9 Å². The van der Waals surface area contributed by atoms with E-state index in [4.69, 9.17) is 0 Å². The molecule has 0 radical (unpaired) electrons. The Hall–Kier alpha value is -1.25. The molecule has 19 heavy (non-hydrogen) atoms. The lowest BCUT2D eigenvalue weighted by atomic mass is 10.2. The van der Waals surface area contributed by atoms with Gasteiger partial charge in [-0.2, -0.15) is 26.3 Å². The van der Waals surface area contributed by atoms with Gasteiger partial charge in [0.2, 0.25) is 0 Å². The van der Waals surface area contributed by atoms with Gasteiger partial charge in [0.15, 0.2) is 5.69 Å². The molecule has 0 aliphatic rings. The Morgan fingerprint density at radius 2 is 1.74 bits per heavy atom.